The van der Waals surface area contributed by atoms with Gasteiger partial charge >= 0.3 is 6.18 Å². The summed E-state index contributed by atoms with van der Waals surface area (Å²) in [6.07, 6.45) is -3.79. The Hall–Kier alpha value is -3.12. The summed E-state index contributed by atoms with van der Waals surface area (Å²) in [7, 11) is 0. The van der Waals surface area contributed by atoms with Crippen LogP contribution in [0.2, 0.25) is 0 Å². The molecule has 28 heavy (non-hydrogen) atoms. The molecule has 1 aromatic heterocycles. The monoisotopic (exact) mass is 410 g/mol. The number of aromatic nitrogens is 2. The minimum Gasteiger partial charge on any atom is -0.365 e. The Morgan fingerprint density at radius 3 is 2.64 bits per heavy atom. The van der Waals surface area contributed by atoms with Crippen LogP contribution >= 0.6 is 11.8 Å². The predicted molar refractivity (Wildman–Crippen MR) is 96.8 cm³/mol. The van der Waals surface area contributed by atoms with Gasteiger partial charge in [-0.1, -0.05) is 11.8 Å². The lowest BCUT2D eigenvalue weighted by Gasteiger charge is -2.09. The number of primary amides is 1. The number of thioether (sulfide) groups is 1. The molecule has 0 bridgehead atoms. The first-order valence-corrected chi connectivity index (χ1v) is 8.54. The molecule has 2 aromatic rings. The summed E-state index contributed by atoms with van der Waals surface area (Å²) in [5, 5.41) is 5.68. The molecule has 0 radical (unpaired) electrons. The van der Waals surface area contributed by atoms with Gasteiger partial charge in [0.1, 0.15) is 11.3 Å². The van der Waals surface area contributed by atoms with Gasteiger partial charge in [0.15, 0.2) is 5.82 Å². The van der Waals surface area contributed by atoms with E-state index in [0.717, 1.165) is 18.0 Å². The van der Waals surface area contributed by atoms with E-state index in [1.54, 1.807) is 18.2 Å². The molecular formula is C16H13F3N6O2S. The maximum absolute atomic E-state index is 12.9. The predicted octanol–water partition coefficient (Wildman–Crippen LogP) is 1.76. The minimum absolute atomic E-state index is 0.184. The summed E-state index contributed by atoms with van der Waals surface area (Å²) in [6, 6.07) is 5.56. The highest BCUT2D eigenvalue weighted by atomic mass is 32.2. The van der Waals surface area contributed by atoms with Gasteiger partial charge in [-0.15, -0.1) is 0 Å². The summed E-state index contributed by atoms with van der Waals surface area (Å²) >= 11 is 1.05. The average Bonchev–Trinajstić information content (AvgIpc) is 3.03. The van der Waals surface area contributed by atoms with Gasteiger partial charge in [0.2, 0.25) is 5.91 Å². The Morgan fingerprint density at radius 1 is 1.25 bits per heavy atom. The van der Waals surface area contributed by atoms with Crippen LogP contribution in [-0.2, 0) is 15.8 Å². The Kier molecular flexibility index (Phi) is 5.25. The number of anilines is 2. The lowest BCUT2D eigenvalue weighted by Crippen LogP contribution is -2.21. The van der Waals surface area contributed by atoms with Crippen LogP contribution in [0.15, 0.2) is 40.4 Å². The number of benzene rings is 1. The van der Waals surface area contributed by atoms with Crippen LogP contribution in [0.3, 0.4) is 0 Å². The van der Waals surface area contributed by atoms with E-state index in [1.165, 1.54) is 0 Å². The summed E-state index contributed by atoms with van der Waals surface area (Å²) in [5.41, 5.74) is 10.2. The van der Waals surface area contributed by atoms with Crippen LogP contribution in [0.25, 0.3) is 5.57 Å². The number of fused-ring (bicyclic) bond motifs is 1. The topological polar surface area (TPSA) is 136 Å². The summed E-state index contributed by atoms with van der Waals surface area (Å²) in [6.45, 7) is -0.188. The molecule has 8 nitrogen and oxygen atoms in total. The second-order valence-corrected chi connectivity index (χ2v) is 6.57. The number of carbonyl (C=O) groups is 2. The molecule has 146 valence electrons. The number of rotatable bonds is 4. The van der Waals surface area contributed by atoms with Crippen LogP contribution < -0.4 is 22.1 Å². The van der Waals surface area contributed by atoms with Gasteiger partial charge in [-0.3, -0.25) is 9.59 Å². The number of amides is 2. The second-order valence-electron chi connectivity index (χ2n) is 5.52. The van der Waals surface area contributed by atoms with E-state index in [1.807, 2.05) is 0 Å². The largest absolute Gasteiger partial charge is 0.433 e. The van der Waals surface area contributed by atoms with Gasteiger partial charge in [0.25, 0.3) is 5.91 Å². The zero-order valence-electron chi connectivity index (χ0n) is 14.0. The third-order valence-corrected chi connectivity index (χ3v) is 4.62. The van der Waals surface area contributed by atoms with Gasteiger partial charge in [-0.05, 0) is 24.3 Å². The molecule has 2 amide bonds. The van der Waals surface area contributed by atoms with Crippen molar-refractivity contribution in [3.8, 4) is 0 Å². The van der Waals surface area contributed by atoms with Crippen LogP contribution in [0.5, 0.6) is 0 Å². The van der Waals surface area contributed by atoms with Crippen molar-refractivity contribution in [2.45, 2.75) is 11.1 Å². The molecule has 2 heterocycles. The lowest BCUT2D eigenvalue weighted by atomic mass is 10.2. The highest BCUT2D eigenvalue weighted by Gasteiger charge is 2.34. The average molecular weight is 410 g/mol. The first-order chi connectivity index (χ1) is 13.2. The van der Waals surface area contributed by atoms with E-state index < -0.39 is 23.6 Å². The van der Waals surface area contributed by atoms with Gasteiger partial charge in [0, 0.05) is 16.8 Å². The van der Waals surface area contributed by atoms with E-state index in [-0.39, 0.29) is 23.1 Å². The summed E-state index contributed by atoms with van der Waals surface area (Å²) < 4.78 is 38.7. The molecule has 1 aliphatic rings. The molecule has 12 heteroatoms. The number of carbonyl (C=O) groups excluding carboxylic acids is 2. The Morgan fingerprint density at radius 2 is 2.00 bits per heavy atom. The second kappa shape index (κ2) is 7.48. The molecule has 6 N–H and O–H groups in total. The molecular weight excluding hydrogens is 397 g/mol. The van der Waals surface area contributed by atoms with Crippen molar-refractivity contribution >= 4 is 40.5 Å². The van der Waals surface area contributed by atoms with Gasteiger partial charge < -0.3 is 22.1 Å². The minimum atomic E-state index is -4.69. The van der Waals surface area contributed by atoms with Crippen molar-refractivity contribution in [2.24, 2.45) is 11.5 Å². The number of alkyl halides is 3. The zero-order chi connectivity index (χ0) is 20.5. The van der Waals surface area contributed by atoms with Crippen molar-refractivity contribution in [1.82, 2.24) is 9.97 Å². The fourth-order valence-corrected chi connectivity index (χ4v) is 3.42. The van der Waals surface area contributed by atoms with Crippen LogP contribution in [0, 0.1) is 0 Å². The van der Waals surface area contributed by atoms with Crippen LogP contribution in [0.1, 0.15) is 11.5 Å². The first-order valence-electron chi connectivity index (χ1n) is 7.72. The van der Waals surface area contributed by atoms with E-state index >= 15 is 0 Å². The number of hydrogen-bond donors (Lipinski definition) is 4. The molecule has 0 atom stereocenters. The quantitative estimate of drug-likeness (QED) is 0.564. The van der Waals surface area contributed by atoms with E-state index in [0.29, 0.717) is 22.3 Å². The maximum Gasteiger partial charge on any atom is 0.433 e. The van der Waals surface area contributed by atoms with Crippen molar-refractivity contribution in [1.29, 1.82) is 0 Å². The molecule has 0 aliphatic carbocycles. The third-order valence-electron chi connectivity index (χ3n) is 3.55. The molecule has 0 unspecified atom stereocenters. The van der Waals surface area contributed by atoms with Crippen molar-refractivity contribution in [3.05, 3.63) is 47.0 Å². The van der Waals surface area contributed by atoms with E-state index in [9.17, 15) is 22.8 Å². The smallest absolute Gasteiger partial charge is 0.365 e. The Bertz CT molecular complexity index is 993. The SMILES string of the molecule is NCC(=O)Nc1ccc2c(c1)S/C(=C(/C(N)=O)c1nccc(C(F)(F)F)n1)N2. The third kappa shape index (κ3) is 4.07. The van der Waals surface area contributed by atoms with Gasteiger partial charge in [-0.2, -0.15) is 13.2 Å². The number of nitrogens with one attached hydrogen (secondary N) is 2. The summed E-state index contributed by atoms with van der Waals surface area (Å²) in [4.78, 5) is 31.1. The number of nitrogens with two attached hydrogens (primary N) is 2. The highest BCUT2D eigenvalue weighted by Crippen LogP contribution is 2.44. The van der Waals surface area contributed by atoms with Crippen molar-refractivity contribution in [2.75, 3.05) is 17.2 Å². The standard InChI is InChI=1S/C16H13F3N6O2S/c17-16(18,19)10-3-4-22-14(25-10)12(13(21)27)15-24-8-2-1-7(5-9(8)28-15)23-11(26)6-20/h1-5,24H,6,20H2,(H2,21,27)(H,23,26)/b15-12-. The molecule has 0 spiro atoms. The molecule has 3 rings (SSSR count). The van der Waals surface area contributed by atoms with Crippen LogP contribution in [0.4, 0.5) is 24.5 Å². The molecule has 0 saturated carbocycles. The van der Waals surface area contributed by atoms with E-state index in [2.05, 4.69) is 20.6 Å². The zero-order valence-corrected chi connectivity index (χ0v) is 14.8. The van der Waals surface area contributed by atoms with Gasteiger partial charge in [-0.25, -0.2) is 9.97 Å². The molecule has 0 saturated heterocycles. The molecule has 1 aromatic carbocycles. The lowest BCUT2D eigenvalue weighted by molar-refractivity contribution is -0.141. The normalized spacial score (nSPS) is 14.9. The first kappa shape index (κ1) is 19.6. The fourth-order valence-electron chi connectivity index (χ4n) is 2.33. The molecule has 1 aliphatic heterocycles. The van der Waals surface area contributed by atoms with Crippen LogP contribution in [-0.4, -0.2) is 28.3 Å². The Labute approximate surface area is 160 Å². The maximum atomic E-state index is 12.9. The summed E-state index contributed by atoms with van der Waals surface area (Å²) in [5.74, 6) is -1.82. The number of halogens is 3. The number of hydrogen-bond acceptors (Lipinski definition) is 7. The fraction of sp³-hybridized carbons (Fsp3) is 0.125. The molecule has 0 fully saturated rings. The highest BCUT2D eigenvalue weighted by molar-refractivity contribution is 8.04. The van der Waals surface area contributed by atoms with Gasteiger partial charge in [0.05, 0.1) is 17.3 Å². The number of nitrogens with zero attached hydrogens (tertiary/aromatic N) is 2. The van der Waals surface area contributed by atoms with E-state index in [4.69, 9.17) is 11.5 Å². The van der Waals surface area contributed by atoms with Crippen molar-refractivity contribution in [3.63, 3.8) is 0 Å². The Balaban J connectivity index is 1.98. The van der Waals surface area contributed by atoms with Crippen molar-refractivity contribution < 1.29 is 22.8 Å².